The third kappa shape index (κ3) is 5.07. The van der Waals surface area contributed by atoms with Crippen LogP contribution < -0.4 is 31.4 Å². The number of anilines is 3. The lowest BCUT2D eigenvalue weighted by Gasteiger charge is -2.57. The Morgan fingerprint density at radius 3 is 1.40 bits per heavy atom. The predicted octanol–water partition coefficient (Wildman–Crippen LogP) is 8.70. The number of halogens is 3. The van der Waals surface area contributed by atoms with E-state index in [-0.39, 0.29) is 51.3 Å². The van der Waals surface area contributed by atoms with Crippen LogP contribution in [0.15, 0.2) is 66.7 Å². The van der Waals surface area contributed by atoms with Crippen molar-refractivity contribution < 1.29 is 27.4 Å². The minimum atomic E-state index is -0.684. The Morgan fingerprint density at radius 2 is 0.930 bits per heavy atom. The van der Waals surface area contributed by atoms with Crippen LogP contribution >= 0.6 is 0 Å². The highest BCUT2D eigenvalue weighted by Gasteiger charge is 2.53. The zero-order valence-electron chi connectivity index (χ0n) is 23.4. The Morgan fingerprint density at radius 1 is 0.512 bits per heavy atom. The Balaban J connectivity index is 1.45. The molecule has 222 valence electrons. The molecule has 4 bridgehead atoms. The fraction of sp³-hybridized carbons (Fsp3) is 0.294. The molecule has 6 N–H and O–H groups in total. The van der Waals surface area contributed by atoms with E-state index in [0.717, 1.165) is 24.8 Å². The number of rotatable bonds is 7. The van der Waals surface area contributed by atoms with Gasteiger partial charge in [-0.15, -0.1) is 0 Å². The summed E-state index contributed by atoms with van der Waals surface area (Å²) in [4.78, 5) is 0. The summed E-state index contributed by atoms with van der Waals surface area (Å²) in [6.45, 7) is 0. The minimum absolute atomic E-state index is 0.0270. The second kappa shape index (κ2) is 10.3. The van der Waals surface area contributed by atoms with Crippen LogP contribution in [0.5, 0.6) is 34.5 Å². The average molecular weight is 588 g/mol. The molecule has 4 fully saturated rings. The van der Waals surface area contributed by atoms with E-state index < -0.39 is 17.5 Å². The maximum atomic E-state index is 15.2. The number of nitrogen functional groups attached to an aromatic ring is 3. The normalized spacial score (nSPS) is 23.7. The predicted molar refractivity (Wildman–Crippen MR) is 159 cm³/mol. The van der Waals surface area contributed by atoms with Crippen molar-refractivity contribution in [3.8, 4) is 34.5 Å². The summed E-state index contributed by atoms with van der Waals surface area (Å²) in [7, 11) is 0. The molecule has 43 heavy (non-hydrogen) atoms. The monoisotopic (exact) mass is 587 g/mol. The lowest BCUT2D eigenvalue weighted by atomic mass is 9.48. The van der Waals surface area contributed by atoms with Gasteiger partial charge in [-0.2, -0.15) is 0 Å². The van der Waals surface area contributed by atoms with Crippen molar-refractivity contribution in [3.63, 3.8) is 0 Å². The van der Waals surface area contributed by atoms with Crippen molar-refractivity contribution in [2.24, 2.45) is 17.8 Å². The quantitative estimate of drug-likeness (QED) is 0.187. The van der Waals surface area contributed by atoms with Crippen molar-refractivity contribution >= 4 is 17.1 Å². The van der Waals surface area contributed by atoms with E-state index in [1.165, 1.54) is 73.9 Å². The first-order chi connectivity index (χ1) is 20.7. The van der Waals surface area contributed by atoms with Crippen molar-refractivity contribution in [1.29, 1.82) is 0 Å². The molecule has 4 aromatic carbocycles. The van der Waals surface area contributed by atoms with Crippen LogP contribution in [0, 0.1) is 35.2 Å². The number of nitrogens with two attached hydrogens (primary N) is 3. The van der Waals surface area contributed by atoms with E-state index in [2.05, 4.69) is 0 Å². The highest BCUT2D eigenvalue weighted by Crippen LogP contribution is 2.64. The molecule has 0 aromatic heterocycles. The van der Waals surface area contributed by atoms with Crippen molar-refractivity contribution in [2.75, 3.05) is 17.2 Å². The topological polar surface area (TPSA) is 106 Å². The number of benzene rings is 4. The molecule has 8 rings (SSSR count). The van der Waals surface area contributed by atoms with Gasteiger partial charge in [0.1, 0.15) is 0 Å². The van der Waals surface area contributed by atoms with Crippen LogP contribution in [0.1, 0.15) is 44.1 Å². The first-order valence-electron chi connectivity index (χ1n) is 14.5. The summed E-state index contributed by atoms with van der Waals surface area (Å²) < 4.78 is 63.8. The summed E-state index contributed by atoms with van der Waals surface area (Å²) >= 11 is 0. The summed E-state index contributed by atoms with van der Waals surface area (Å²) in [5.74, 6) is -0.586. The second-order valence-electron chi connectivity index (χ2n) is 12.3. The fourth-order valence-electron chi connectivity index (χ4n) is 7.81. The van der Waals surface area contributed by atoms with Crippen molar-refractivity contribution in [2.45, 2.75) is 43.9 Å². The van der Waals surface area contributed by atoms with E-state index in [1.54, 1.807) is 6.07 Å². The van der Waals surface area contributed by atoms with Crippen LogP contribution in [0.3, 0.4) is 0 Å². The third-order valence-electron chi connectivity index (χ3n) is 9.20. The summed E-state index contributed by atoms with van der Waals surface area (Å²) in [6, 6.07) is 15.5. The van der Waals surface area contributed by atoms with E-state index >= 15 is 8.78 Å². The third-order valence-corrected chi connectivity index (χ3v) is 9.20. The molecule has 0 atom stereocenters. The van der Waals surface area contributed by atoms with Crippen LogP contribution in [0.25, 0.3) is 0 Å². The standard InChI is InChI=1S/C34H32F3N3O3/c35-25-5-1-21(38)12-29(25)41-28-8-4-24(34-15-18-9-19(16-34)11-20(10-18)17-34)32(42-30-13-22(39)2-6-26(30)36)33(28)43-31-14-23(40)3-7-27(31)37/h1-8,12-14,18-20H,9-11,15-17,38-40H2. The highest BCUT2D eigenvalue weighted by atomic mass is 19.1. The van der Waals surface area contributed by atoms with Crippen molar-refractivity contribution in [1.82, 2.24) is 0 Å². The first kappa shape index (κ1) is 27.3. The Hall–Kier alpha value is -4.53. The largest absolute Gasteiger partial charge is 0.450 e. The minimum Gasteiger partial charge on any atom is -0.450 e. The molecule has 0 saturated heterocycles. The van der Waals surface area contributed by atoms with E-state index in [1.807, 2.05) is 6.07 Å². The lowest BCUT2D eigenvalue weighted by molar-refractivity contribution is -0.00613. The Labute approximate surface area is 247 Å². The molecule has 0 radical (unpaired) electrons. The molecule has 4 aliphatic carbocycles. The van der Waals surface area contributed by atoms with Gasteiger partial charge in [0.15, 0.2) is 46.2 Å². The number of hydrogen-bond acceptors (Lipinski definition) is 6. The van der Waals surface area contributed by atoms with Gasteiger partial charge in [0.2, 0.25) is 5.75 Å². The molecule has 0 amide bonds. The molecule has 9 heteroatoms. The van der Waals surface area contributed by atoms with Gasteiger partial charge >= 0.3 is 0 Å². The van der Waals surface area contributed by atoms with Crippen LogP contribution in [-0.2, 0) is 5.41 Å². The molecule has 0 unspecified atom stereocenters. The van der Waals surface area contributed by atoms with Gasteiger partial charge in [0.05, 0.1) is 0 Å². The van der Waals surface area contributed by atoms with Crippen molar-refractivity contribution in [3.05, 3.63) is 89.7 Å². The summed E-state index contributed by atoms with van der Waals surface area (Å²) in [5.41, 5.74) is 19.3. The average Bonchev–Trinajstić information content (AvgIpc) is 2.95. The van der Waals surface area contributed by atoms with E-state index in [4.69, 9.17) is 31.4 Å². The highest BCUT2D eigenvalue weighted by molar-refractivity contribution is 5.63. The SMILES string of the molecule is Nc1ccc(F)c(Oc2ccc(C34CC5CC(CC(C5)C3)C4)c(Oc3cc(N)ccc3F)c2Oc2cc(N)ccc2F)c1. The van der Waals surface area contributed by atoms with Crippen LogP contribution in [-0.4, -0.2) is 0 Å². The summed E-state index contributed by atoms with van der Waals surface area (Å²) in [6.07, 6.45) is 6.45. The molecular weight excluding hydrogens is 555 g/mol. The summed E-state index contributed by atoms with van der Waals surface area (Å²) in [5, 5.41) is 0. The molecular formula is C34H32F3N3O3. The molecule has 4 aromatic rings. The molecule has 4 saturated carbocycles. The zero-order chi connectivity index (χ0) is 29.9. The van der Waals surface area contributed by atoms with E-state index in [9.17, 15) is 4.39 Å². The van der Waals surface area contributed by atoms with Gasteiger partial charge in [0, 0.05) is 40.8 Å². The fourth-order valence-corrected chi connectivity index (χ4v) is 7.81. The van der Waals surface area contributed by atoms with E-state index in [0.29, 0.717) is 23.4 Å². The molecule has 0 spiro atoms. The van der Waals surface area contributed by atoms with Gasteiger partial charge in [0.25, 0.3) is 0 Å². The van der Waals surface area contributed by atoms with Crippen LogP contribution in [0.2, 0.25) is 0 Å². The molecule has 4 aliphatic rings. The lowest BCUT2D eigenvalue weighted by Crippen LogP contribution is -2.48. The number of hydrogen-bond donors (Lipinski definition) is 3. The zero-order valence-corrected chi connectivity index (χ0v) is 23.4. The Bertz CT molecular complexity index is 1690. The number of ether oxygens (including phenoxy) is 3. The molecule has 0 heterocycles. The Kier molecular flexibility index (Phi) is 6.56. The molecule has 0 aliphatic heterocycles. The van der Waals surface area contributed by atoms with Gasteiger partial charge in [-0.25, -0.2) is 13.2 Å². The maximum Gasteiger partial charge on any atom is 0.212 e. The second-order valence-corrected chi connectivity index (χ2v) is 12.3. The van der Waals surface area contributed by atoms with Crippen LogP contribution in [0.4, 0.5) is 30.2 Å². The van der Waals surface area contributed by atoms with Gasteiger partial charge in [-0.1, -0.05) is 6.07 Å². The van der Waals surface area contributed by atoms with Gasteiger partial charge in [-0.05, 0) is 104 Å². The molecule has 6 nitrogen and oxygen atoms in total. The maximum absolute atomic E-state index is 15.2. The van der Waals surface area contributed by atoms with Gasteiger partial charge < -0.3 is 31.4 Å². The first-order valence-corrected chi connectivity index (χ1v) is 14.5. The van der Waals surface area contributed by atoms with Gasteiger partial charge in [-0.3, -0.25) is 0 Å². The smallest absolute Gasteiger partial charge is 0.212 e.